The number of fused-ring (bicyclic) bond motifs is 1. The Balaban J connectivity index is 1.73. The van der Waals surface area contributed by atoms with E-state index < -0.39 is 17.8 Å². The minimum Gasteiger partial charge on any atom is -0.378 e. The van der Waals surface area contributed by atoms with E-state index in [-0.39, 0.29) is 17.9 Å². The zero-order valence-corrected chi connectivity index (χ0v) is 15.8. The van der Waals surface area contributed by atoms with Crippen molar-refractivity contribution >= 4 is 17.4 Å². The van der Waals surface area contributed by atoms with Crippen molar-refractivity contribution in [3.05, 3.63) is 46.8 Å². The van der Waals surface area contributed by atoms with Crippen LogP contribution in [-0.2, 0) is 30.4 Å². The smallest absolute Gasteiger partial charge is 0.378 e. The summed E-state index contributed by atoms with van der Waals surface area (Å²) in [5.41, 5.74) is 1.42. The van der Waals surface area contributed by atoms with Crippen LogP contribution in [0.25, 0.3) is 0 Å². The Morgan fingerprint density at radius 3 is 2.46 bits per heavy atom. The van der Waals surface area contributed by atoms with Gasteiger partial charge in [-0.1, -0.05) is 0 Å². The van der Waals surface area contributed by atoms with E-state index in [4.69, 9.17) is 5.41 Å². The molecule has 3 N–H and O–H groups in total. The summed E-state index contributed by atoms with van der Waals surface area (Å²) in [4.78, 5) is 14.3. The van der Waals surface area contributed by atoms with Crippen LogP contribution < -0.4 is 15.6 Å². The fraction of sp³-hybridized carbons (Fsp3) is 0.421. The van der Waals surface area contributed by atoms with Crippen molar-refractivity contribution in [2.45, 2.75) is 38.4 Å². The van der Waals surface area contributed by atoms with Crippen LogP contribution in [0.3, 0.4) is 0 Å². The van der Waals surface area contributed by atoms with Crippen LogP contribution >= 0.6 is 0 Å². The third-order valence-electron chi connectivity index (χ3n) is 4.79. The standard InChI is InChI=1S/C19H22F3N5O/c1-26(2)13-9-7-12(8-10-13)18(23)24-16(28)11-27-15-6-4-3-5-14(15)17(25-27)19(20,21)22/h7-10H,3-6,11H2,1-2H3,(H2,23,24,28)/p+1. The van der Waals surface area contributed by atoms with Gasteiger partial charge in [0.25, 0.3) is 5.84 Å². The lowest BCUT2D eigenvalue weighted by molar-refractivity contribution is -0.142. The van der Waals surface area contributed by atoms with E-state index >= 15 is 0 Å². The van der Waals surface area contributed by atoms with Crippen LogP contribution in [0.1, 0.15) is 35.4 Å². The SMILES string of the molecule is CN(C)c1ccc(C(=[NH2+])NC(=O)Cn2nc(C(F)(F)F)c3c2CCCC3)cc1. The maximum absolute atomic E-state index is 13.2. The summed E-state index contributed by atoms with van der Waals surface area (Å²) in [5.74, 6) is -0.369. The number of halogens is 3. The highest BCUT2D eigenvalue weighted by Gasteiger charge is 2.39. The summed E-state index contributed by atoms with van der Waals surface area (Å²) in [6.07, 6.45) is -2.24. The lowest BCUT2D eigenvalue weighted by atomic mass is 9.95. The lowest BCUT2D eigenvalue weighted by Crippen LogP contribution is -2.52. The monoisotopic (exact) mass is 394 g/mol. The number of rotatable bonds is 4. The third kappa shape index (κ3) is 4.18. The van der Waals surface area contributed by atoms with E-state index in [1.807, 2.05) is 31.1 Å². The molecule has 0 atom stereocenters. The first-order valence-corrected chi connectivity index (χ1v) is 9.02. The van der Waals surface area contributed by atoms with Gasteiger partial charge in [0.05, 0.1) is 5.56 Å². The zero-order chi connectivity index (χ0) is 20.5. The number of hydrogen-bond acceptors (Lipinski definition) is 3. The molecule has 0 spiro atoms. The molecule has 9 heteroatoms. The quantitative estimate of drug-likeness (QED) is 0.604. The van der Waals surface area contributed by atoms with Gasteiger partial charge in [-0.05, 0) is 49.9 Å². The minimum absolute atomic E-state index is 0.146. The fourth-order valence-electron chi connectivity index (χ4n) is 3.37. The van der Waals surface area contributed by atoms with Crippen molar-refractivity contribution in [2.24, 2.45) is 0 Å². The van der Waals surface area contributed by atoms with Gasteiger partial charge in [0.2, 0.25) is 0 Å². The summed E-state index contributed by atoms with van der Waals surface area (Å²) >= 11 is 0. The van der Waals surface area contributed by atoms with E-state index in [9.17, 15) is 18.0 Å². The number of amidine groups is 1. The predicted octanol–water partition coefficient (Wildman–Crippen LogP) is 1.17. The molecule has 28 heavy (non-hydrogen) atoms. The minimum atomic E-state index is -4.53. The van der Waals surface area contributed by atoms with Crippen molar-refractivity contribution in [3.63, 3.8) is 0 Å². The molecule has 0 saturated carbocycles. The normalized spacial score (nSPS) is 13.8. The summed E-state index contributed by atoms with van der Waals surface area (Å²) in [5, 5.41) is 12.2. The average molecular weight is 394 g/mol. The predicted molar refractivity (Wildman–Crippen MR) is 98.8 cm³/mol. The number of anilines is 1. The van der Waals surface area contributed by atoms with Gasteiger partial charge in [-0.25, -0.2) is 10.1 Å². The topological polar surface area (TPSA) is 75.8 Å². The first-order chi connectivity index (χ1) is 13.2. The summed E-state index contributed by atoms with van der Waals surface area (Å²) in [6, 6.07) is 7.24. The van der Waals surface area contributed by atoms with Gasteiger partial charge in [0.1, 0.15) is 6.54 Å². The van der Waals surface area contributed by atoms with Gasteiger partial charge < -0.3 is 4.90 Å². The second-order valence-electron chi connectivity index (χ2n) is 7.04. The molecule has 1 heterocycles. The number of nitrogens with one attached hydrogen (secondary N) is 1. The van der Waals surface area contributed by atoms with E-state index in [0.717, 1.165) is 16.8 Å². The average Bonchev–Trinajstić information content (AvgIpc) is 3.00. The van der Waals surface area contributed by atoms with E-state index in [1.54, 1.807) is 12.1 Å². The molecule has 3 rings (SSSR count). The maximum atomic E-state index is 13.2. The molecule has 0 aliphatic heterocycles. The van der Waals surface area contributed by atoms with Gasteiger partial charge in [0.15, 0.2) is 5.69 Å². The molecule has 0 saturated heterocycles. The number of aromatic nitrogens is 2. The van der Waals surface area contributed by atoms with Gasteiger partial charge in [-0.15, -0.1) is 0 Å². The highest BCUT2D eigenvalue weighted by molar-refractivity contribution is 6.04. The van der Waals surface area contributed by atoms with Crippen molar-refractivity contribution in [1.82, 2.24) is 15.1 Å². The number of nitrogens with two attached hydrogens (primary N) is 1. The first-order valence-electron chi connectivity index (χ1n) is 9.02. The van der Waals surface area contributed by atoms with Crippen molar-refractivity contribution in [1.29, 1.82) is 0 Å². The second kappa shape index (κ2) is 7.65. The molecular weight excluding hydrogens is 371 g/mol. The molecule has 0 unspecified atom stereocenters. The van der Waals surface area contributed by atoms with E-state index in [2.05, 4.69) is 10.4 Å². The summed E-state index contributed by atoms with van der Waals surface area (Å²) in [6.45, 7) is -0.311. The van der Waals surface area contributed by atoms with Crippen molar-refractivity contribution in [3.8, 4) is 0 Å². The number of nitrogens with zero attached hydrogens (tertiary/aromatic N) is 3. The number of amides is 1. The Morgan fingerprint density at radius 2 is 1.86 bits per heavy atom. The van der Waals surface area contributed by atoms with E-state index in [0.29, 0.717) is 30.5 Å². The molecule has 1 aliphatic rings. The van der Waals surface area contributed by atoms with Gasteiger partial charge in [-0.2, -0.15) is 18.3 Å². The molecule has 1 amide bonds. The van der Waals surface area contributed by atoms with Crippen LogP contribution in [0.15, 0.2) is 24.3 Å². The Hall–Kier alpha value is -2.84. The van der Waals surface area contributed by atoms with Gasteiger partial charge in [-0.3, -0.25) is 10.1 Å². The number of alkyl halides is 3. The molecule has 0 fully saturated rings. The van der Waals surface area contributed by atoms with Crippen LogP contribution in [0.4, 0.5) is 18.9 Å². The molecule has 1 aromatic carbocycles. The molecule has 1 aromatic heterocycles. The third-order valence-corrected chi connectivity index (χ3v) is 4.79. The molecule has 6 nitrogen and oxygen atoms in total. The largest absolute Gasteiger partial charge is 0.435 e. The summed E-state index contributed by atoms with van der Waals surface area (Å²) < 4.78 is 40.9. The fourth-order valence-corrected chi connectivity index (χ4v) is 3.37. The molecule has 0 bridgehead atoms. The Kier molecular flexibility index (Phi) is 5.44. The number of benzene rings is 1. The number of hydrogen-bond donors (Lipinski definition) is 2. The Bertz CT molecular complexity index is 884. The van der Waals surface area contributed by atoms with Crippen LogP contribution in [0.2, 0.25) is 0 Å². The first kappa shape index (κ1) is 19.9. The zero-order valence-electron chi connectivity index (χ0n) is 15.8. The maximum Gasteiger partial charge on any atom is 0.435 e. The highest BCUT2D eigenvalue weighted by atomic mass is 19.4. The van der Waals surface area contributed by atoms with Crippen LogP contribution in [-0.4, -0.2) is 35.6 Å². The van der Waals surface area contributed by atoms with Gasteiger partial charge >= 0.3 is 12.1 Å². The van der Waals surface area contributed by atoms with Crippen molar-refractivity contribution < 1.29 is 23.4 Å². The van der Waals surface area contributed by atoms with Crippen LogP contribution in [0.5, 0.6) is 0 Å². The Morgan fingerprint density at radius 1 is 1.21 bits per heavy atom. The second-order valence-corrected chi connectivity index (χ2v) is 7.04. The molecule has 0 radical (unpaired) electrons. The molecule has 2 aromatic rings. The molecule has 150 valence electrons. The number of carbonyl (C=O) groups excluding carboxylic acids is 1. The number of carbonyl (C=O) groups is 1. The van der Waals surface area contributed by atoms with Gasteiger partial charge in [0, 0.05) is 31.0 Å². The molecular formula is C19H23F3N5O+. The van der Waals surface area contributed by atoms with E-state index in [1.165, 1.54) is 0 Å². The highest BCUT2D eigenvalue weighted by Crippen LogP contribution is 2.35. The van der Waals surface area contributed by atoms with Crippen molar-refractivity contribution in [2.75, 3.05) is 19.0 Å². The lowest BCUT2D eigenvalue weighted by Gasteiger charge is -2.14. The summed E-state index contributed by atoms with van der Waals surface area (Å²) in [7, 11) is 3.81. The van der Waals surface area contributed by atoms with Crippen LogP contribution in [0, 0.1) is 0 Å². The molecule has 1 aliphatic carbocycles. The Labute approximate surface area is 160 Å².